The van der Waals surface area contributed by atoms with Crippen LogP contribution in [0.15, 0.2) is 6.33 Å². The average molecular weight is 265 g/mol. The van der Waals surface area contributed by atoms with E-state index in [0.717, 1.165) is 31.8 Å². The fourth-order valence-electron chi connectivity index (χ4n) is 2.94. The van der Waals surface area contributed by atoms with Crippen molar-refractivity contribution in [2.24, 2.45) is 5.92 Å². The van der Waals surface area contributed by atoms with E-state index in [0.29, 0.717) is 13.1 Å². The van der Waals surface area contributed by atoms with Crippen LogP contribution in [-0.4, -0.2) is 56.4 Å². The van der Waals surface area contributed by atoms with E-state index in [-0.39, 0.29) is 5.92 Å². The summed E-state index contributed by atoms with van der Waals surface area (Å²) >= 11 is 0. The molecule has 19 heavy (non-hydrogen) atoms. The third kappa shape index (κ3) is 2.12. The number of hydrogen-bond acceptors (Lipinski definition) is 5. The Bertz CT molecular complexity index is 484. The van der Waals surface area contributed by atoms with Gasteiger partial charge >= 0.3 is 5.97 Å². The van der Waals surface area contributed by atoms with Crippen LogP contribution >= 0.6 is 0 Å². The number of carbonyl (C=O) groups is 1. The molecule has 1 aliphatic carbocycles. The third-order valence-corrected chi connectivity index (χ3v) is 4.29. The highest BCUT2D eigenvalue weighted by Crippen LogP contribution is 2.40. The monoisotopic (exact) mass is 265 g/mol. The fourth-order valence-corrected chi connectivity index (χ4v) is 2.94. The Balaban J connectivity index is 1.75. The molecule has 1 aromatic heterocycles. The maximum Gasteiger partial charge on any atom is 0.325 e. The van der Waals surface area contributed by atoms with E-state index in [2.05, 4.69) is 20.4 Å². The molecule has 2 aliphatic rings. The van der Waals surface area contributed by atoms with Crippen LogP contribution in [0, 0.1) is 5.92 Å². The van der Waals surface area contributed by atoms with Crippen LogP contribution in [0.3, 0.4) is 0 Å². The largest absolute Gasteiger partial charge is 0.480 e. The van der Waals surface area contributed by atoms with Crippen LogP contribution in [-0.2, 0) is 17.9 Å². The molecule has 1 unspecified atom stereocenters. The van der Waals surface area contributed by atoms with E-state index in [9.17, 15) is 9.90 Å². The van der Waals surface area contributed by atoms with Gasteiger partial charge < -0.3 is 15.0 Å². The van der Waals surface area contributed by atoms with Gasteiger partial charge in [-0.2, -0.15) is 0 Å². The second-order valence-electron chi connectivity index (χ2n) is 5.45. The molecular weight excluding hydrogens is 246 g/mol. The number of nitrogens with one attached hydrogen (secondary N) is 1. The first-order chi connectivity index (χ1) is 9.15. The molecule has 3 rings (SSSR count). The van der Waals surface area contributed by atoms with Gasteiger partial charge in [0, 0.05) is 19.6 Å². The molecule has 1 atom stereocenters. The first kappa shape index (κ1) is 12.6. The van der Waals surface area contributed by atoms with Gasteiger partial charge in [0.2, 0.25) is 0 Å². The van der Waals surface area contributed by atoms with Crippen molar-refractivity contribution in [1.82, 2.24) is 25.0 Å². The number of aliphatic carboxylic acids is 1. The minimum atomic E-state index is -0.817. The number of likely N-dealkylation sites (N-methyl/N-ethyl adjacent to an activating group) is 1. The quantitative estimate of drug-likeness (QED) is 0.750. The summed E-state index contributed by atoms with van der Waals surface area (Å²) in [6, 6.07) is 0. The molecule has 2 N–H and O–H groups in total. The van der Waals surface area contributed by atoms with Crippen molar-refractivity contribution >= 4 is 5.97 Å². The van der Waals surface area contributed by atoms with Crippen molar-refractivity contribution in [2.75, 3.05) is 20.1 Å². The van der Waals surface area contributed by atoms with E-state index in [1.54, 1.807) is 13.4 Å². The summed E-state index contributed by atoms with van der Waals surface area (Å²) in [5.74, 6) is 0.414. The van der Waals surface area contributed by atoms with Gasteiger partial charge in [-0.1, -0.05) is 0 Å². The fraction of sp³-hybridized carbons (Fsp3) is 0.750. The predicted octanol–water partition coefficient (Wildman–Crippen LogP) is -0.453. The molecule has 0 aromatic carbocycles. The maximum atomic E-state index is 11.7. The van der Waals surface area contributed by atoms with Crippen molar-refractivity contribution in [3.8, 4) is 0 Å². The lowest BCUT2D eigenvalue weighted by Crippen LogP contribution is -2.60. The van der Waals surface area contributed by atoms with E-state index >= 15 is 0 Å². The third-order valence-electron chi connectivity index (χ3n) is 4.29. The molecule has 1 fully saturated rings. The zero-order valence-electron chi connectivity index (χ0n) is 11.0. The Morgan fingerprint density at radius 3 is 3.00 bits per heavy atom. The van der Waals surface area contributed by atoms with Crippen molar-refractivity contribution in [2.45, 2.75) is 31.5 Å². The zero-order valence-corrected chi connectivity index (χ0v) is 11.0. The van der Waals surface area contributed by atoms with Gasteiger partial charge in [0.15, 0.2) is 0 Å². The van der Waals surface area contributed by atoms with Crippen LogP contribution in [0.4, 0.5) is 0 Å². The second kappa shape index (κ2) is 4.57. The summed E-state index contributed by atoms with van der Waals surface area (Å²) in [6.45, 7) is 2.86. The first-order valence-corrected chi connectivity index (χ1v) is 6.67. The summed E-state index contributed by atoms with van der Waals surface area (Å²) in [7, 11) is 1.75. The second-order valence-corrected chi connectivity index (χ2v) is 5.45. The van der Waals surface area contributed by atoms with E-state index in [1.165, 1.54) is 0 Å². The molecule has 7 heteroatoms. The van der Waals surface area contributed by atoms with Gasteiger partial charge in [-0.3, -0.25) is 9.69 Å². The van der Waals surface area contributed by atoms with Crippen LogP contribution in [0.2, 0.25) is 0 Å². The van der Waals surface area contributed by atoms with Gasteiger partial charge in [-0.15, -0.1) is 10.2 Å². The molecule has 1 aliphatic heterocycles. The molecule has 0 bridgehead atoms. The van der Waals surface area contributed by atoms with Crippen LogP contribution < -0.4 is 5.32 Å². The minimum absolute atomic E-state index is 0.245. The van der Waals surface area contributed by atoms with Crippen LogP contribution in [0.5, 0.6) is 0 Å². The molecule has 104 valence electrons. The molecule has 7 nitrogen and oxygen atoms in total. The van der Waals surface area contributed by atoms with Crippen molar-refractivity contribution in [3.63, 3.8) is 0 Å². The Morgan fingerprint density at radius 1 is 1.58 bits per heavy atom. The molecule has 1 saturated carbocycles. The normalized spacial score (nSPS) is 22.8. The average Bonchev–Trinajstić information content (AvgIpc) is 3.14. The first-order valence-electron chi connectivity index (χ1n) is 6.67. The van der Waals surface area contributed by atoms with E-state index < -0.39 is 11.5 Å². The lowest BCUT2D eigenvalue weighted by atomic mass is 9.92. The van der Waals surface area contributed by atoms with Crippen molar-refractivity contribution < 1.29 is 9.90 Å². The highest BCUT2D eigenvalue weighted by Gasteiger charge is 2.51. The number of rotatable bonds is 5. The Morgan fingerprint density at radius 2 is 2.37 bits per heavy atom. The summed E-state index contributed by atoms with van der Waals surface area (Å²) in [6.07, 6.45) is 3.73. The van der Waals surface area contributed by atoms with Gasteiger partial charge in [0.25, 0.3) is 0 Å². The lowest BCUT2D eigenvalue weighted by Gasteiger charge is -2.36. The summed E-state index contributed by atoms with van der Waals surface area (Å²) in [4.78, 5) is 13.8. The summed E-state index contributed by atoms with van der Waals surface area (Å²) in [5, 5.41) is 20.6. The number of carboxylic acids is 1. The highest BCUT2D eigenvalue weighted by molar-refractivity contribution is 5.80. The van der Waals surface area contributed by atoms with Gasteiger partial charge in [0.1, 0.15) is 17.7 Å². The smallest absolute Gasteiger partial charge is 0.325 e. The summed E-state index contributed by atoms with van der Waals surface area (Å²) < 4.78 is 2.02. The van der Waals surface area contributed by atoms with Crippen LogP contribution in [0.25, 0.3) is 0 Å². The highest BCUT2D eigenvalue weighted by atomic mass is 16.4. The number of hydrogen-bond donors (Lipinski definition) is 2. The van der Waals surface area contributed by atoms with Crippen LogP contribution in [0.1, 0.15) is 18.7 Å². The molecule has 2 heterocycles. The van der Waals surface area contributed by atoms with Gasteiger partial charge in [0.05, 0.1) is 6.54 Å². The van der Waals surface area contributed by atoms with Crippen molar-refractivity contribution in [1.29, 1.82) is 0 Å². The maximum absolute atomic E-state index is 11.7. The standard InChI is InChI=1S/C12H19N5O2/c1-13-12(11(18)19,9-2-3-9)7-16-4-5-17-8-14-15-10(17)6-16/h8-9,13H,2-7H2,1H3,(H,18,19). The van der Waals surface area contributed by atoms with E-state index in [1.807, 2.05) is 4.57 Å². The molecular formula is C12H19N5O2. The topological polar surface area (TPSA) is 83.3 Å². The number of fused-ring (bicyclic) bond motifs is 1. The lowest BCUT2D eigenvalue weighted by molar-refractivity contribution is -0.147. The Hall–Kier alpha value is -1.47. The number of carboxylic acid groups (broad SMARTS) is 1. The molecule has 1 aromatic rings. The number of nitrogens with zero attached hydrogens (tertiary/aromatic N) is 4. The van der Waals surface area contributed by atoms with Crippen molar-refractivity contribution in [3.05, 3.63) is 12.2 Å². The molecule has 0 saturated heterocycles. The van der Waals surface area contributed by atoms with Gasteiger partial charge in [-0.25, -0.2) is 0 Å². The molecule has 0 amide bonds. The summed E-state index contributed by atoms with van der Waals surface area (Å²) in [5.41, 5.74) is -0.817. The predicted molar refractivity (Wildman–Crippen MR) is 67.4 cm³/mol. The Labute approximate surface area is 111 Å². The SMILES string of the molecule is CNC(CN1CCn2cnnc2C1)(C(=O)O)C1CC1. The minimum Gasteiger partial charge on any atom is -0.480 e. The number of aromatic nitrogens is 3. The molecule has 0 radical (unpaired) electrons. The molecule has 0 spiro atoms. The van der Waals surface area contributed by atoms with Gasteiger partial charge in [-0.05, 0) is 25.8 Å². The Kier molecular flexibility index (Phi) is 3.02. The van der Waals surface area contributed by atoms with E-state index in [4.69, 9.17) is 0 Å². The zero-order chi connectivity index (χ0) is 13.5.